The van der Waals surface area contributed by atoms with Gasteiger partial charge in [0.25, 0.3) is 0 Å². The van der Waals surface area contributed by atoms with Crippen LogP contribution in [-0.2, 0) is 4.74 Å². The second kappa shape index (κ2) is 6.00. The summed E-state index contributed by atoms with van der Waals surface area (Å²) in [6, 6.07) is 6.97. The minimum absolute atomic E-state index is 0.179. The van der Waals surface area contributed by atoms with E-state index in [1.807, 2.05) is 0 Å². The van der Waals surface area contributed by atoms with Gasteiger partial charge in [0.1, 0.15) is 5.75 Å². The maximum Gasteiger partial charge on any atom is 0.573 e. The van der Waals surface area contributed by atoms with Gasteiger partial charge in [-0.1, -0.05) is 12.1 Å². The molecule has 2 rings (SSSR count). The number of carbonyl (C=O) groups excluding carboxylic acids is 1. The Kier molecular flexibility index (Phi) is 4.30. The van der Waals surface area contributed by atoms with Gasteiger partial charge < -0.3 is 9.47 Å². The number of para-hydroxylation sites is 1. The number of halogens is 4. The van der Waals surface area contributed by atoms with Gasteiger partial charge in [0.05, 0.1) is 18.4 Å². The van der Waals surface area contributed by atoms with Crippen molar-refractivity contribution < 1.29 is 31.8 Å². The number of pyridine rings is 1. The summed E-state index contributed by atoms with van der Waals surface area (Å²) in [5.74, 6) is -2.41. The van der Waals surface area contributed by atoms with Crippen LogP contribution < -0.4 is 4.74 Å². The quantitative estimate of drug-likeness (QED) is 0.493. The molecular formula is C14H9F4NO3. The summed E-state index contributed by atoms with van der Waals surface area (Å²) in [5.41, 5.74) is -0.659. The summed E-state index contributed by atoms with van der Waals surface area (Å²) in [6.45, 7) is 0. The smallest absolute Gasteiger partial charge is 0.465 e. The molecule has 0 spiro atoms. The summed E-state index contributed by atoms with van der Waals surface area (Å²) in [7, 11) is 1.09. The van der Waals surface area contributed by atoms with Crippen LogP contribution in [0.25, 0.3) is 11.3 Å². The number of hydrogen-bond acceptors (Lipinski definition) is 4. The molecule has 0 fully saturated rings. The summed E-state index contributed by atoms with van der Waals surface area (Å²) in [4.78, 5) is 15.2. The molecule has 0 aliphatic heterocycles. The maximum atomic E-state index is 13.3. The van der Waals surface area contributed by atoms with Crippen LogP contribution in [0.15, 0.2) is 36.4 Å². The first-order valence-electron chi connectivity index (χ1n) is 5.92. The molecule has 116 valence electrons. The average Bonchev–Trinajstić information content (AvgIpc) is 2.45. The lowest BCUT2D eigenvalue weighted by atomic mass is 10.0. The minimum atomic E-state index is -4.94. The lowest BCUT2D eigenvalue weighted by Gasteiger charge is -2.14. The van der Waals surface area contributed by atoms with Gasteiger partial charge in [-0.2, -0.15) is 4.39 Å². The summed E-state index contributed by atoms with van der Waals surface area (Å²) in [6.07, 6.45) is -4.94. The average molecular weight is 315 g/mol. The molecule has 0 aliphatic carbocycles. The Bertz CT molecular complexity index is 701. The molecule has 0 N–H and O–H groups in total. The highest BCUT2D eigenvalue weighted by Crippen LogP contribution is 2.34. The van der Waals surface area contributed by atoms with Crippen molar-refractivity contribution in [1.82, 2.24) is 4.98 Å². The van der Waals surface area contributed by atoms with Crippen molar-refractivity contribution in [2.45, 2.75) is 6.36 Å². The van der Waals surface area contributed by atoms with Gasteiger partial charge in [0.15, 0.2) is 0 Å². The van der Waals surface area contributed by atoms with Crippen molar-refractivity contribution >= 4 is 5.97 Å². The fraction of sp³-hybridized carbons (Fsp3) is 0.143. The summed E-state index contributed by atoms with van der Waals surface area (Å²) in [5, 5.41) is 0. The van der Waals surface area contributed by atoms with Gasteiger partial charge in [-0.3, -0.25) is 0 Å². The van der Waals surface area contributed by atoms with E-state index in [0.29, 0.717) is 0 Å². The monoisotopic (exact) mass is 315 g/mol. The summed E-state index contributed by atoms with van der Waals surface area (Å²) < 4.78 is 59.0. The second-order valence-electron chi connectivity index (χ2n) is 4.07. The Morgan fingerprint density at radius 2 is 1.82 bits per heavy atom. The molecule has 4 nitrogen and oxygen atoms in total. The molecule has 0 saturated carbocycles. The van der Waals surface area contributed by atoms with Crippen LogP contribution in [0, 0.1) is 5.95 Å². The lowest BCUT2D eigenvalue weighted by molar-refractivity contribution is -0.274. The standard InChI is InChI=1S/C14H9F4NO3/c1-21-13(20)9-6-7-11(15)19-12(9)8-4-2-3-5-10(8)22-14(16,17)18/h2-7H,1H3. The van der Waals surface area contributed by atoms with Crippen molar-refractivity contribution in [1.29, 1.82) is 0 Å². The minimum Gasteiger partial charge on any atom is -0.465 e. The van der Waals surface area contributed by atoms with Crippen LogP contribution in [0.3, 0.4) is 0 Å². The van der Waals surface area contributed by atoms with E-state index in [1.165, 1.54) is 18.2 Å². The zero-order chi connectivity index (χ0) is 16.3. The van der Waals surface area contributed by atoms with Crippen LogP contribution in [0.2, 0.25) is 0 Å². The molecule has 0 unspecified atom stereocenters. The third-order valence-electron chi connectivity index (χ3n) is 2.63. The van der Waals surface area contributed by atoms with Crippen LogP contribution >= 0.6 is 0 Å². The zero-order valence-corrected chi connectivity index (χ0v) is 11.1. The second-order valence-corrected chi connectivity index (χ2v) is 4.07. The molecule has 0 amide bonds. The molecule has 8 heteroatoms. The molecule has 1 aromatic heterocycles. The highest BCUT2D eigenvalue weighted by Gasteiger charge is 2.33. The fourth-order valence-electron chi connectivity index (χ4n) is 1.79. The molecular weight excluding hydrogens is 306 g/mol. The van der Waals surface area contributed by atoms with Crippen molar-refractivity contribution in [3.63, 3.8) is 0 Å². The van der Waals surface area contributed by atoms with E-state index in [1.54, 1.807) is 0 Å². The number of alkyl halides is 3. The Labute approximate surface area is 122 Å². The van der Waals surface area contributed by atoms with Crippen molar-refractivity contribution in [3.8, 4) is 17.0 Å². The van der Waals surface area contributed by atoms with E-state index in [-0.39, 0.29) is 16.8 Å². The van der Waals surface area contributed by atoms with Gasteiger partial charge in [-0.25, -0.2) is 9.78 Å². The molecule has 2 aromatic rings. The van der Waals surface area contributed by atoms with Crippen LogP contribution in [0.5, 0.6) is 5.75 Å². The first kappa shape index (κ1) is 15.7. The van der Waals surface area contributed by atoms with Crippen molar-refractivity contribution in [2.24, 2.45) is 0 Å². The van der Waals surface area contributed by atoms with Crippen LogP contribution in [0.4, 0.5) is 17.6 Å². The molecule has 1 aromatic carbocycles. The number of aromatic nitrogens is 1. The number of esters is 1. The number of benzene rings is 1. The van der Waals surface area contributed by atoms with Gasteiger partial charge in [0.2, 0.25) is 5.95 Å². The molecule has 0 aliphatic rings. The first-order valence-corrected chi connectivity index (χ1v) is 5.92. The van der Waals surface area contributed by atoms with Gasteiger partial charge in [-0.05, 0) is 24.3 Å². The van der Waals surface area contributed by atoms with E-state index in [2.05, 4.69) is 14.5 Å². The lowest BCUT2D eigenvalue weighted by Crippen LogP contribution is -2.18. The van der Waals surface area contributed by atoms with Crippen LogP contribution in [-0.4, -0.2) is 24.4 Å². The molecule has 0 atom stereocenters. The Hall–Kier alpha value is -2.64. The number of ether oxygens (including phenoxy) is 2. The Morgan fingerprint density at radius 1 is 1.14 bits per heavy atom. The number of methoxy groups -OCH3 is 1. The first-order chi connectivity index (χ1) is 10.3. The molecule has 0 saturated heterocycles. The predicted molar refractivity (Wildman–Crippen MR) is 67.7 cm³/mol. The normalized spacial score (nSPS) is 11.1. The van der Waals surface area contributed by atoms with E-state index < -0.39 is 24.0 Å². The molecule has 1 heterocycles. The number of rotatable bonds is 3. The number of carbonyl (C=O) groups is 1. The molecule has 0 radical (unpaired) electrons. The molecule has 0 bridgehead atoms. The molecule has 22 heavy (non-hydrogen) atoms. The topological polar surface area (TPSA) is 48.4 Å². The van der Waals surface area contributed by atoms with Gasteiger partial charge in [0, 0.05) is 5.56 Å². The highest BCUT2D eigenvalue weighted by molar-refractivity contribution is 5.96. The fourth-order valence-corrected chi connectivity index (χ4v) is 1.79. The van der Waals surface area contributed by atoms with E-state index in [4.69, 9.17) is 0 Å². The van der Waals surface area contributed by atoms with Crippen molar-refractivity contribution in [3.05, 3.63) is 47.9 Å². The highest BCUT2D eigenvalue weighted by atomic mass is 19.4. The third kappa shape index (κ3) is 3.51. The third-order valence-corrected chi connectivity index (χ3v) is 2.63. The largest absolute Gasteiger partial charge is 0.573 e. The number of nitrogens with zero attached hydrogens (tertiary/aromatic N) is 1. The zero-order valence-electron chi connectivity index (χ0n) is 11.1. The maximum absolute atomic E-state index is 13.3. The Balaban J connectivity index is 2.61. The van der Waals surface area contributed by atoms with Gasteiger partial charge >= 0.3 is 12.3 Å². The van der Waals surface area contributed by atoms with Crippen molar-refractivity contribution in [2.75, 3.05) is 7.11 Å². The predicted octanol–water partition coefficient (Wildman–Crippen LogP) is 3.57. The van der Waals surface area contributed by atoms with E-state index in [0.717, 1.165) is 25.3 Å². The van der Waals surface area contributed by atoms with E-state index >= 15 is 0 Å². The summed E-state index contributed by atoms with van der Waals surface area (Å²) >= 11 is 0. The SMILES string of the molecule is COC(=O)c1ccc(F)nc1-c1ccccc1OC(F)(F)F. The van der Waals surface area contributed by atoms with Gasteiger partial charge in [-0.15, -0.1) is 13.2 Å². The van der Waals surface area contributed by atoms with E-state index in [9.17, 15) is 22.4 Å². The Morgan fingerprint density at radius 3 is 2.45 bits per heavy atom. The number of hydrogen-bond donors (Lipinski definition) is 0. The van der Waals surface area contributed by atoms with Crippen LogP contribution in [0.1, 0.15) is 10.4 Å².